The Bertz CT molecular complexity index is 746. The summed E-state index contributed by atoms with van der Waals surface area (Å²) in [6.07, 6.45) is 6.44. The lowest BCUT2D eigenvalue weighted by Crippen LogP contribution is -2.25. The molecule has 1 N–H and O–H groups in total. The molecule has 0 spiro atoms. The third-order valence-corrected chi connectivity index (χ3v) is 4.01. The third-order valence-electron chi connectivity index (χ3n) is 4.01. The molecule has 0 heterocycles. The Morgan fingerprint density at radius 1 is 1.09 bits per heavy atom. The summed E-state index contributed by atoms with van der Waals surface area (Å²) in [6.45, 7) is -0.248. The molecule has 0 aromatic heterocycles. The van der Waals surface area contributed by atoms with Crippen molar-refractivity contribution in [3.63, 3.8) is 0 Å². The Hall–Kier alpha value is -2.62. The maximum atomic E-state index is 12.0. The zero-order chi connectivity index (χ0) is 16.1. The van der Waals surface area contributed by atoms with Crippen molar-refractivity contribution in [2.24, 2.45) is 5.92 Å². The summed E-state index contributed by atoms with van der Waals surface area (Å²) >= 11 is 0. The molecule has 3 rings (SSSR count). The highest BCUT2D eigenvalue weighted by Crippen LogP contribution is 2.23. The number of ether oxygens (including phenoxy) is 1. The first kappa shape index (κ1) is 15.3. The molecular weight excluding hydrogens is 290 g/mol. The van der Waals surface area contributed by atoms with Crippen LogP contribution in [0.25, 0.3) is 10.8 Å². The molecule has 0 fully saturated rings. The van der Waals surface area contributed by atoms with Crippen LogP contribution in [0.4, 0.5) is 5.69 Å². The van der Waals surface area contributed by atoms with Crippen LogP contribution in [-0.4, -0.2) is 18.5 Å². The number of allylic oxidation sites excluding steroid dienone is 2. The van der Waals surface area contributed by atoms with E-state index >= 15 is 0 Å². The molecule has 1 aliphatic carbocycles. The fourth-order valence-corrected chi connectivity index (χ4v) is 2.78. The number of esters is 1. The second-order valence-electron chi connectivity index (χ2n) is 5.66. The summed E-state index contributed by atoms with van der Waals surface area (Å²) in [4.78, 5) is 24.0. The molecule has 4 nitrogen and oxygen atoms in total. The standard InChI is InChI=1S/C19H19NO3/c21-18(13-23-19(22)15-8-2-1-3-9-15)20-17-12-6-10-14-7-4-5-11-16(14)17/h1-2,4-7,10-12,15H,3,8-9,13H2,(H,20,21)/t15-/m0/s1. The average molecular weight is 309 g/mol. The lowest BCUT2D eigenvalue weighted by molar-refractivity contribution is -0.151. The molecule has 1 atom stereocenters. The summed E-state index contributed by atoms with van der Waals surface area (Å²) < 4.78 is 5.14. The van der Waals surface area contributed by atoms with E-state index in [1.54, 1.807) is 0 Å². The van der Waals surface area contributed by atoms with Gasteiger partial charge in [-0.3, -0.25) is 9.59 Å². The maximum absolute atomic E-state index is 12.0. The van der Waals surface area contributed by atoms with Gasteiger partial charge in [-0.25, -0.2) is 0 Å². The van der Waals surface area contributed by atoms with Gasteiger partial charge in [0.2, 0.25) is 0 Å². The van der Waals surface area contributed by atoms with Crippen molar-refractivity contribution in [3.05, 3.63) is 54.6 Å². The summed E-state index contributed by atoms with van der Waals surface area (Å²) in [5.74, 6) is -0.728. The molecule has 4 heteroatoms. The van der Waals surface area contributed by atoms with E-state index in [1.165, 1.54) is 0 Å². The number of nitrogens with one attached hydrogen (secondary N) is 1. The van der Waals surface area contributed by atoms with E-state index in [0.717, 1.165) is 29.3 Å². The van der Waals surface area contributed by atoms with Gasteiger partial charge in [-0.05, 0) is 30.7 Å². The number of amides is 1. The van der Waals surface area contributed by atoms with E-state index in [-0.39, 0.29) is 24.4 Å². The Balaban J connectivity index is 1.58. The first-order valence-electron chi connectivity index (χ1n) is 7.83. The van der Waals surface area contributed by atoms with E-state index < -0.39 is 0 Å². The summed E-state index contributed by atoms with van der Waals surface area (Å²) in [5, 5.41) is 4.83. The summed E-state index contributed by atoms with van der Waals surface area (Å²) in [6, 6.07) is 13.5. The minimum Gasteiger partial charge on any atom is -0.455 e. The minimum atomic E-state index is -0.318. The second kappa shape index (κ2) is 7.09. The monoisotopic (exact) mass is 309 g/mol. The van der Waals surface area contributed by atoms with Crippen molar-refractivity contribution in [3.8, 4) is 0 Å². The Morgan fingerprint density at radius 3 is 2.74 bits per heavy atom. The van der Waals surface area contributed by atoms with Crippen LogP contribution in [0.1, 0.15) is 19.3 Å². The molecule has 0 radical (unpaired) electrons. The van der Waals surface area contributed by atoms with Crippen LogP contribution in [0.15, 0.2) is 54.6 Å². The number of hydrogen-bond donors (Lipinski definition) is 1. The van der Waals surface area contributed by atoms with E-state index in [9.17, 15) is 9.59 Å². The van der Waals surface area contributed by atoms with Crippen LogP contribution in [0.3, 0.4) is 0 Å². The van der Waals surface area contributed by atoms with Crippen molar-refractivity contribution >= 4 is 28.3 Å². The van der Waals surface area contributed by atoms with Crippen LogP contribution >= 0.6 is 0 Å². The quantitative estimate of drug-likeness (QED) is 0.692. The highest BCUT2D eigenvalue weighted by atomic mass is 16.5. The topological polar surface area (TPSA) is 55.4 Å². The van der Waals surface area contributed by atoms with E-state index in [4.69, 9.17) is 4.74 Å². The fraction of sp³-hybridized carbons (Fsp3) is 0.263. The molecule has 23 heavy (non-hydrogen) atoms. The highest BCUT2D eigenvalue weighted by Gasteiger charge is 2.21. The molecule has 0 aliphatic heterocycles. The van der Waals surface area contributed by atoms with Crippen molar-refractivity contribution in [2.45, 2.75) is 19.3 Å². The van der Waals surface area contributed by atoms with E-state index in [0.29, 0.717) is 6.42 Å². The normalized spacial score (nSPS) is 17.0. The fourth-order valence-electron chi connectivity index (χ4n) is 2.78. The van der Waals surface area contributed by atoms with Gasteiger partial charge in [0, 0.05) is 11.1 Å². The van der Waals surface area contributed by atoms with Gasteiger partial charge in [0.25, 0.3) is 5.91 Å². The summed E-state index contributed by atoms with van der Waals surface area (Å²) in [5.41, 5.74) is 0.727. The molecule has 1 amide bonds. The number of rotatable bonds is 4. The van der Waals surface area contributed by atoms with E-state index in [1.807, 2.05) is 48.5 Å². The first-order valence-corrected chi connectivity index (χ1v) is 7.83. The molecular formula is C19H19NO3. The molecule has 2 aromatic carbocycles. The van der Waals surface area contributed by atoms with Crippen molar-refractivity contribution in [2.75, 3.05) is 11.9 Å². The number of anilines is 1. The summed E-state index contributed by atoms with van der Waals surface area (Å²) in [7, 11) is 0. The average Bonchev–Trinajstić information content (AvgIpc) is 2.61. The van der Waals surface area contributed by atoms with Crippen LogP contribution in [0.5, 0.6) is 0 Å². The molecule has 1 aliphatic rings. The Morgan fingerprint density at radius 2 is 1.91 bits per heavy atom. The SMILES string of the molecule is O=C(COC(=O)[C@H]1CC=CCC1)Nc1cccc2ccccc12. The van der Waals surface area contributed by atoms with Gasteiger partial charge in [0.05, 0.1) is 5.92 Å². The van der Waals surface area contributed by atoms with Crippen molar-refractivity contribution < 1.29 is 14.3 Å². The first-order chi connectivity index (χ1) is 11.2. The van der Waals surface area contributed by atoms with Gasteiger partial charge in [0.15, 0.2) is 6.61 Å². The number of carbonyl (C=O) groups excluding carboxylic acids is 2. The van der Waals surface area contributed by atoms with E-state index in [2.05, 4.69) is 11.4 Å². The van der Waals surface area contributed by atoms with Crippen LogP contribution in [-0.2, 0) is 14.3 Å². The van der Waals surface area contributed by atoms with Gasteiger partial charge in [-0.2, -0.15) is 0 Å². The molecule has 118 valence electrons. The number of hydrogen-bond acceptors (Lipinski definition) is 3. The van der Waals surface area contributed by atoms with Crippen LogP contribution in [0, 0.1) is 5.92 Å². The number of fused-ring (bicyclic) bond motifs is 1. The van der Waals surface area contributed by atoms with Gasteiger partial charge in [-0.1, -0.05) is 48.6 Å². The second-order valence-corrected chi connectivity index (χ2v) is 5.66. The van der Waals surface area contributed by atoms with Gasteiger partial charge in [-0.15, -0.1) is 0 Å². The zero-order valence-electron chi connectivity index (χ0n) is 12.8. The smallest absolute Gasteiger partial charge is 0.309 e. The van der Waals surface area contributed by atoms with Gasteiger partial charge < -0.3 is 10.1 Å². The molecule has 0 saturated carbocycles. The van der Waals surface area contributed by atoms with Gasteiger partial charge in [0.1, 0.15) is 0 Å². The molecule has 0 saturated heterocycles. The minimum absolute atomic E-state index is 0.120. The Kier molecular flexibility index (Phi) is 4.71. The van der Waals surface area contributed by atoms with Crippen LogP contribution < -0.4 is 5.32 Å². The lowest BCUT2D eigenvalue weighted by Gasteiger charge is -2.16. The van der Waals surface area contributed by atoms with Crippen LogP contribution in [0.2, 0.25) is 0 Å². The van der Waals surface area contributed by atoms with Gasteiger partial charge >= 0.3 is 5.97 Å². The predicted octanol–water partition coefficient (Wildman–Crippen LogP) is 3.68. The zero-order valence-corrected chi connectivity index (χ0v) is 12.8. The molecule has 0 unspecified atom stereocenters. The largest absolute Gasteiger partial charge is 0.455 e. The van der Waals surface area contributed by atoms with Crippen molar-refractivity contribution in [1.29, 1.82) is 0 Å². The lowest BCUT2D eigenvalue weighted by atomic mass is 9.95. The molecule has 2 aromatic rings. The van der Waals surface area contributed by atoms with Crippen molar-refractivity contribution in [1.82, 2.24) is 0 Å². The molecule has 0 bridgehead atoms. The maximum Gasteiger partial charge on any atom is 0.309 e. The highest BCUT2D eigenvalue weighted by molar-refractivity contribution is 6.02. The number of benzene rings is 2. The number of carbonyl (C=O) groups is 2. The third kappa shape index (κ3) is 3.77. The Labute approximate surface area is 135 Å². The predicted molar refractivity (Wildman–Crippen MR) is 90.0 cm³/mol.